The highest BCUT2D eigenvalue weighted by molar-refractivity contribution is 5.50. The Bertz CT molecular complexity index is 404. The van der Waals surface area contributed by atoms with Crippen LogP contribution < -0.4 is 15.2 Å². The molecule has 1 saturated carbocycles. The van der Waals surface area contributed by atoms with Crippen LogP contribution in [0.4, 0.5) is 0 Å². The summed E-state index contributed by atoms with van der Waals surface area (Å²) in [5, 5.41) is 10.2. The van der Waals surface area contributed by atoms with E-state index in [4.69, 9.17) is 15.2 Å². The maximum atomic E-state index is 10.2. The summed E-state index contributed by atoms with van der Waals surface area (Å²) in [5.41, 5.74) is 7.97. The van der Waals surface area contributed by atoms with Crippen molar-refractivity contribution in [2.24, 2.45) is 11.7 Å². The lowest BCUT2D eigenvalue weighted by atomic mass is 9.96. The summed E-state index contributed by atoms with van der Waals surface area (Å²) in [6.45, 7) is 1.97. The van der Waals surface area contributed by atoms with Crippen molar-refractivity contribution in [3.8, 4) is 11.5 Å². The Kier molecular flexibility index (Phi) is 3.78. The average molecular weight is 251 g/mol. The number of hydrogen-bond acceptors (Lipinski definition) is 4. The van der Waals surface area contributed by atoms with Gasteiger partial charge in [0.1, 0.15) is 11.5 Å². The molecule has 0 aromatic heterocycles. The summed E-state index contributed by atoms with van der Waals surface area (Å²) in [5.74, 6) is 1.67. The minimum absolute atomic E-state index is 0.315. The third-order valence-corrected chi connectivity index (χ3v) is 3.49. The van der Waals surface area contributed by atoms with Crippen LogP contribution in [0.2, 0.25) is 0 Å². The Labute approximate surface area is 108 Å². The van der Waals surface area contributed by atoms with Crippen molar-refractivity contribution >= 4 is 0 Å². The molecule has 1 aromatic carbocycles. The molecule has 0 amide bonds. The molecule has 1 aliphatic carbocycles. The van der Waals surface area contributed by atoms with Gasteiger partial charge < -0.3 is 20.3 Å². The molecule has 0 saturated heterocycles. The molecule has 0 aliphatic heterocycles. The summed E-state index contributed by atoms with van der Waals surface area (Å²) in [6, 6.07) is 3.36. The largest absolute Gasteiger partial charge is 0.496 e. The van der Waals surface area contributed by atoms with Crippen LogP contribution in [0.3, 0.4) is 0 Å². The van der Waals surface area contributed by atoms with E-state index in [-0.39, 0.29) is 0 Å². The Morgan fingerprint density at radius 3 is 2.11 bits per heavy atom. The maximum absolute atomic E-state index is 10.2. The van der Waals surface area contributed by atoms with Crippen molar-refractivity contribution in [2.75, 3.05) is 14.2 Å². The lowest BCUT2D eigenvalue weighted by molar-refractivity contribution is 0.120. The highest BCUT2D eigenvalue weighted by Gasteiger charge is 2.36. The van der Waals surface area contributed by atoms with Gasteiger partial charge in [0.15, 0.2) is 0 Å². The van der Waals surface area contributed by atoms with Crippen LogP contribution in [0.5, 0.6) is 11.5 Å². The Hall–Kier alpha value is -1.26. The van der Waals surface area contributed by atoms with Crippen molar-refractivity contribution in [1.82, 2.24) is 0 Å². The van der Waals surface area contributed by atoms with Gasteiger partial charge in [-0.25, -0.2) is 0 Å². The molecule has 1 aromatic rings. The zero-order valence-corrected chi connectivity index (χ0v) is 11.1. The maximum Gasteiger partial charge on any atom is 0.127 e. The molecular formula is C14H21NO3. The molecule has 100 valence electrons. The van der Waals surface area contributed by atoms with Gasteiger partial charge in [-0.05, 0) is 43.4 Å². The van der Waals surface area contributed by atoms with Gasteiger partial charge >= 0.3 is 0 Å². The second-order valence-electron chi connectivity index (χ2n) is 4.94. The minimum atomic E-state index is -0.532. The Morgan fingerprint density at radius 2 is 1.72 bits per heavy atom. The van der Waals surface area contributed by atoms with Crippen LogP contribution in [0, 0.1) is 12.8 Å². The molecule has 0 radical (unpaired) electrons. The van der Waals surface area contributed by atoms with Gasteiger partial charge in [-0.3, -0.25) is 0 Å². The lowest BCUT2D eigenvalue weighted by Gasteiger charge is -2.23. The third-order valence-electron chi connectivity index (χ3n) is 3.49. The monoisotopic (exact) mass is 251 g/mol. The Balaban J connectivity index is 2.39. The number of benzene rings is 1. The summed E-state index contributed by atoms with van der Waals surface area (Å²) in [4.78, 5) is 0. The van der Waals surface area contributed by atoms with E-state index in [0.29, 0.717) is 17.4 Å². The number of aliphatic hydroxyl groups excluding tert-OH is 1. The number of methoxy groups -OCH3 is 2. The highest BCUT2D eigenvalue weighted by atomic mass is 16.5. The molecule has 0 spiro atoms. The standard InChI is InChI=1S/C14H21NO3/c1-8-6-10(17-2)12(11(7-8)18-3)13(15)14(16)9-4-5-9/h6-7,9,13-14,16H,4-5,15H2,1-3H3/t13-,14+/m1/s1. The van der Waals surface area contributed by atoms with Crippen molar-refractivity contribution in [2.45, 2.75) is 31.9 Å². The van der Waals surface area contributed by atoms with Gasteiger partial charge in [0.05, 0.1) is 31.9 Å². The number of nitrogens with two attached hydrogens (primary N) is 1. The van der Waals surface area contributed by atoms with Gasteiger partial charge in [-0.1, -0.05) is 0 Å². The number of hydrogen-bond donors (Lipinski definition) is 2. The van der Waals surface area contributed by atoms with Gasteiger partial charge in [0.25, 0.3) is 0 Å². The molecule has 4 heteroatoms. The van der Waals surface area contributed by atoms with Crippen molar-refractivity contribution in [1.29, 1.82) is 0 Å². The molecule has 0 bridgehead atoms. The SMILES string of the molecule is COc1cc(C)cc(OC)c1[C@@H](N)[C@@H](O)C1CC1. The highest BCUT2D eigenvalue weighted by Crippen LogP contribution is 2.42. The normalized spacial score (nSPS) is 18.3. The van der Waals surface area contributed by atoms with Gasteiger partial charge in [0.2, 0.25) is 0 Å². The second kappa shape index (κ2) is 5.16. The molecule has 3 N–H and O–H groups in total. The lowest BCUT2D eigenvalue weighted by Crippen LogP contribution is -2.28. The molecule has 4 nitrogen and oxygen atoms in total. The van der Waals surface area contributed by atoms with E-state index in [9.17, 15) is 5.11 Å². The molecule has 18 heavy (non-hydrogen) atoms. The van der Waals surface area contributed by atoms with Crippen LogP contribution in [-0.4, -0.2) is 25.4 Å². The van der Waals surface area contributed by atoms with E-state index in [1.807, 2.05) is 19.1 Å². The van der Waals surface area contributed by atoms with E-state index in [1.165, 1.54) is 0 Å². The number of rotatable bonds is 5. The third kappa shape index (κ3) is 2.44. The Morgan fingerprint density at radius 1 is 1.22 bits per heavy atom. The molecular weight excluding hydrogens is 230 g/mol. The van der Waals surface area contributed by atoms with Crippen molar-refractivity contribution in [3.63, 3.8) is 0 Å². The molecule has 1 aliphatic rings. The van der Waals surface area contributed by atoms with Crippen LogP contribution in [0.25, 0.3) is 0 Å². The smallest absolute Gasteiger partial charge is 0.127 e. The number of ether oxygens (including phenoxy) is 2. The first kappa shape index (κ1) is 13.2. The predicted molar refractivity (Wildman–Crippen MR) is 69.9 cm³/mol. The average Bonchev–Trinajstić information content (AvgIpc) is 3.20. The number of aryl methyl sites for hydroxylation is 1. The van der Waals surface area contributed by atoms with E-state index in [0.717, 1.165) is 24.0 Å². The molecule has 2 atom stereocenters. The van der Waals surface area contributed by atoms with E-state index in [1.54, 1.807) is 14.2 Å². The molecule has 0 unspecified atom stereocenters. The summed E-state index contributed by atoms with van der Waals surface area (Å²) in [7, 11) is 3.21. The molecule has 2 rings (SSSR count). The minimum Gasteiger partial charge on any atom is -0.496 e. The fourth-order valence-electron chi connectivity index (χ4n) is 2.30. The first-order valence-electron chi connectivity index (χ1n) is 6.24. The van der Waals surface area contributed by atoms with Crippen LogP contribution in [0.1, 0.15) is 30.0 Å². The van der Waals surface area contributed by atoms with E-state index in [2.05, 4.69) is 0 Å². The zero-order valence-electron chi connectivity index (χ0n) is 11.1. The first-order chi connectivity index (χ1) is 8.58. The molecule has 1 fully saturated rings. The zero-order chi connectivity index (χ0) is 13.3. The summed E-state index contributed by atoms with van der Waals surface area (Å²) < 4.78 is 10.7. The van der Waals surface area contributed by atoms with Gasteiger partial charge in [0, 0.05) is 0 Å². The summed E-state index contributed by atoms with van der Waals surface area (Å²) in [6.07, 6.45) is 1.56. The van der Waals surface area contributed by atoms with Crippen molar-refractivity contribution in [3.05, 3.63) is 23.3 Å². The van der Waals surface area contributed by atoms with Gasteiger partial charge in [-0.15, -0.1) is 0 Å². The fraction of sp³-hybridized carbons (Fsp3) is 0.571. The van der Waals surface area contributed by atoms with Crippen molar-refractivity contribution < 1.29 is 14.6 Å². The fourth-order valence-corrected chi connectivity index (χ4v) is 2.30. The van der Waals surface area contributed by atoms with E-state index >= 15 is 0 Å². The van der Waals surface area contributed by atoms with E-state index < -0.39 is 12.1 Å². The van der Waals surface area contributed by atoms with Crippen LogP contribution >= 0.6 is 0 Å². The quantitative estimate of drug-likeness (QED) is 0.837. The topological polar surface area (TPSA) is 64.7 Å². The van der Waals surface area contributed by atoms with Crippen LogP contribution in [-0.2, 0) is 0 Å². The van der Waals surface area contributed by atoms with Gasteiger partial charge in [-0.2, -0.15) is 0 Å². The first-order valence-corrected chi connectivity index (χ1v) is 6.24. The predicted octanol–water partition coefficient (Wildman–Crippen LogP) is 1.78. The summed E-state index contributed by atoms with van der Waals surface area (Å²) >= 11 is 0. The number of aliphatic hydroxyl groups is 1. The van der Waals surface area contributed by atoms with Crippen LogP contribution in [0.15, 0.2) is 12.1 Å². The second-order valence-corrected chi connectivity index (χ2v) is 4.94. The molecule has 0 heterocycles.